The second kappa shape index (κ2) is 8.61. The van der Waals surface area contributed by atoms with Crippen LogP contribution in [0.4, 0.5) is 4.39 Å². The molecule has 0 N–H and O–H groups in total. The van der Waals surface area contributed by atoms with Crippen LogP contribution < -0.4 is 4.74 Å². The second-order valence-electron chi connectivity index (χ2n) is 5.61. The van der Waals surface area contributed by atoms with Crippen molar-refractivity contribution < 1.29 is 13.9 Å². The molecular formula is C19H14Cl2FNO2S2. The van der Waals surface area contributed by atoms with Crippen molar-refractivity contribution in [3.63, 3.8) is 0 Å². The molecular weight excluding hydrogens is 428 g/mol. The summed E-state index contributed by atoms with van der Waals surface area (Å²) in [5.41, 5.74) is 0.923. The summed E-state index contributed by atoms with van der Waals surface area (Å²) in [7, 11) is 0. The fourth-order valence-corrected chi connectivity index (χ4v) is 4.46. The number of nitrogens with zero attached hydrogens (tertiary/aromatic N) is 1. The molecule has 0 spiro atoms. The number of carbonyl (C=O) groups excluding carboxylic acids is 1. The van der Waals surface area contributed by atoms with Gasteiger partial charge < -0.3 is 4.74 Å². The van der Waals surface area contributed by atoms with Crippen LogP contribution in [0.2, 0.25) is 10.0 Å². The van der Waals surface area contributed by atoms with Crippen molar-refractivity contribution in [2.24, 2.45) is 0 Å². The van der Waals surface area contributed by atoms with Crippen LogP contribution in [0, 0.1) is 5.82 Å². The maximum absolute atomic E-state index is 13.8. The van der Waals surface area contributed by atoms with Gasteiger partial charge in [-0.25, -0.2) is 4.39 Å². The Hall–Kier alpha value is -1.60. The molecule has 8 heteroatoms. The van der Waals surface area contributed by atoms with E-state index < -0.39 is 0 Å². The fraction of sp³-hybridized carbons (Fsp3) is 0.158. The summed E-state index contributed by atoms with van der Waals surface area (Å²) < 4.78 is 20.1. The van der Waals surface area contributed by atoms with Crippen molar-refractivity contribution in [1.29, 1.82) is 0 Å². The number of hydrogen-bond acceptors (Lipinski definition) is 4. The first-order valence-electron chi connectivity index (χ1n) is 8.01. The zero-order valence-corrected chi connectivity index (χ0v) is 17.3. The van der Waals surface area contributed by atoms with Crippen LogP contribution in [0.15, 0.2) is 41.3 Å². The van der Waals surface area contributed by atoms with Crippen LogP contribution >= 0.6 is 47.2 Å². The van der Waals surface area contributed by atoms with Crippen molar-refractivity contribution in [2.45, 2.75) is 13.5 Å². The summed E-state index contributed by atoms with van der Waals surface area (Å²) in [6.45, 7) is 2.34. The monoisotopic (exact) mass is 441 g/mol. The van der Waals surface area contributed by atoms with Crippen LogP contribution in [-0.2, 0) is 11.4 Å². The van der Waals surface area contributed by atoms with E-state index in [-0.39, 0.29) is 23.4 Å². The Balaban J connectivity index is 1.94. The molecule has 1 aliphatic rings. The maximum Gasteiger partial charge on any atom is 0.266 e. The number of hydrogen-bond donors (Lipinski definition) is 0. The normalized spacial score (nSPS) is 15.7. The summed E-state index contributed by atoms with van der Waals surface area (Å²) >= 11 is 18.8. The molecule has 0 aromatic heterocycles. The molecule has 140 valence electrons. The van der Waals surface area contributed by atoms with Crippen LogP contribution in [0.5, 0.6) is 5.75 Å². The average Bonchev–Trinajstić information content (AvgIpc) is 2.88. The van der Waals surface area contributed by atoms with E-state index >= 15 is 0 Å². The maximum atomic E-state index is 13.8. The van der Waals surface area contributed by atoms with Crippen molar-refractivity contribution in [2.75, 3.05) is 6.54 Å². The van der Waals surface area contributed by atoms with Gasteiger partial charge in [0, 0.05) is 22.7 Å². The lowest BCUT2D eigenvalue weighted by Crippen LogP contribution is -2.27. The average molecular weight is 442 g/mol. The summed E-state index contributed by atoms with van der Waals surface area (Å²) in [5.74, 6) is -0.220. The van der Waals surface area contributed by atoms with Crippen LogP contribution in [0.3, 0.4) is 0 Å². The molecule has 1 amide bonds. The highest BCUT2D eigenvalue weighted by atomic mass is 35.5. The third-order valence-electron chi connectivity index (χ3n) is 3.84. The lowest BCUT2D eigenvalue weighted by molar-refractivity contribution is -0.121. The highest BCUT2D eigenvalue weighted by Crippen LogP contribution is 2.38. The molecule has 1 heterocycles. The number of amides is 1. The standard InChI is InChI=1S/C19H14Cl2FNO2S2/c1-2-23-18(24)16(27-19(23)26)8-12-7-13(20)9-14(21)17(12)25-10-11-5-3-4-6-15(11)22/h3-9H,2,10H2,1H3. The largest absolute Gasteiger partial charge is 0.487 e. The van der Waals surface area contributed by atoms with Gasteiger partial charge in [-0.2, -0.15) is 0 Å². The second-order valence-corrected chi connectivity index (χ2v) is 8.13. The molecule has 1 fully saturated rings. The molecule has 2 aromatic carbocycles. The third-order valence-corrected chi connectivity index (χ3v) is 5.72. The smallest absolute Gasteiger partial charge is 0.266 e. The Bertz CT molecular complexity index is 949. The first kappa shape index (κ1) is 20.1. The quantitative estimate of drug-likeness (QED) is 0.424. The van der Waals surface area contributed by atoms with Gasteiger partial charge >= 0.3 is 0 Å². The first-order chi connectivity index (χ1) is 12.9. The molecule has 0 bridgehead atoms. The highest BCUT2D eigenvalue weighted by Gasteiger charge is 2.31. The molecule has 3 nitrogen and oxygen atoms in total. The number of benzene rings is 2. The zero-order valence-electron chi connectivity index (χ0n) is 14.2. The summed E-state index contributed by atoms with van der Waals surface area (Å²) in [5, 5.41) is 0.673. The number of likely N-dealkylation sites (N-methyl/N-ethyl adjacent to an activating group) is 1. The number of rotatable bonds is 5. The zero-order chi connectivity index (χ0) is 19.6. The van der Waals surface area contributed by atoms with Gasteiger partial charge in [-0.15, -0.1) is 0 Å². The Morgan fingerprint density at radius 2 is 2.04 bits per heavy atom. The highest BCUT2D eigenvalue weighted by molar-refractivity contribution is 8.26. The van der Waals surface area contributed by atoms with Crippen LogP contribution in [0.25, 0.3) is 6.08 Å². The van der Waals surface area contributed by atoms with Gasteiger partial charge in [-0.05, 0) is 31.2 Å². The SMILES string of the molecule is CCN1C(=O)C(=Cc2cc(Cl)cc(Cl)c2OCc2ccccc2F)SC1=S. The third kappa shape index (κ3) is 4.46. The van der Waals surface area contributed by atoms with Crippen LogP contribution in [-0.4, -0.2) is 21.7 Å². The van der Waals surface area contributed by atoms with Crippen molar-refractivity contribution in [1.82, 2.24) is 4.90 Å². The van der Waals surface area contributed by atoms with Gasteiger partial charge in [0.05, 0.1) is 9.93 Å². The Kier molecular flexibility index (Phi) is 6.42. The van der Waals surface area contributed by atoms with E-state index in [0.29, 0.717) is 37.7 Å². The molecule has 0 atom stereocenters. The number of thioether (sulfide) groups is 1. The molecule has 0 saturated carbocycles. The predicted octanol–water partition coefficient (Wildman–Crippen LogP) is 5.93. The molecule has 27 heavy (non-hydrogen) atoms. The molecule has 0 radical (unpaired) electrons. The lowest BCUT2D eigenvalue weighted by atomic mass is 10.1. The van der Waals surface area contributed by atoms with Crippen LogP contribution in [0.1, 0.15) is 18.1 Å². The van der Waals surface area contributed by atoms with E-state index in [1.165, 1.54) is 28.8 Å². The molecule has 0 unspecified atom stereocenters. The van der Waals surface area contributed by atoms with E-state index in [2.05, 4.69) is 0 Å². The van der Waals surface area contributed by atoms with E-state index in [0.717, 1.165) is 0 Å². The molecule has 1 aliphatic heterocycles. The van der Waals surface area contributed by atoms with Gasteiger partial charge in [0.15, 0.2) is 0 Å². The molecule has 1 saturated heterocycles. The van der Waals surface area contributed by atoms with Gasteiger partial charge in [-0.3, -0.25) is 9.69 Å². The van der Waals surface area contributed by atoms with Crippen molar-refractivity contribution >= 4 is 63.5 Å². The van der Waals surface area contributed by atoms with Gasteiger partial charge in [0.25, 0.3) is 5.91 Å². The minimum atomic E-state index is -0.368. The fourth-order valence-electron chi connectivity index (χ4n) is 2.52. The minimum Gasteiger partial charge on any atom is -0.487 e. The van der Waals surface area contributed by atoms with Gasteiger partial charge in [0.1, 0.15) is 22.5 Å². The first-order valence-corrected chi connectivity index (χ1v) is 9.99. The number of halogens is 3. The van der Waals surface area contributed by atoms with Crippen molar-refractivity contribution in [3.8, 4) is 5.75 Å². The number of thiocarbonyl (C=S) groups is 1. The Labute approximate surface area is 176 Å². The van der Waals surface area contributed by atoms with Gasteiger partial charge in [-0.1, -0.05) is 65.4 Å². The lowest BCUT2D eigenvalue weighted by Gasteiger charge is -2.13. The predicted molar refractivity (Wildman–Crippen MR) is 113 cm³/mol. The van der Waals surface area contributed by atoms with Crippen molar-refractivity contribution in [3.05, 3.63) is 68.3 Å². The molecule has 2 aromatic rings. The summed E-state index contributed by atoms with van der Waals surface area (Å²) in [6.07, 6.45) is 1.64. The Morgan fingerprint density at radius 1 is 1.30 bits per heavy atom. The molecule has 3 rings (SSSR count). The van der Waals surface area contributed by atoms with E-state index in [4.69, 9.17) is 40.2 Å². The van der Waals surface area contributed by atoms with Gasteiger partial charge in [0.2, 0.25) is 0 Å². The number of carbonyl (C=O) groups is 1. The summed E-state index contributed by atoms with van der Waals surface area (Å²) in [6, 6.07) is 9.50. The van der Waals surface area contributed by atoms with E-state index in [1.807, 2.05) is 6.92 Å². The van der Waals surface area contributed by atoms with E-state index in [9.17, 15) is 9.18 Å². The van der Waals surface area contributed by atoms with E-state index in [1.54, 1.807) is 30.3 Å². The minimum absolute atomic E-state index is 0.00914. The number of ether oxygens (including phenoxy) is 1. The summed E-state index contributed by atoms with van der Waals surface area (Å²) in [4.78, 5) is 14.4. The molecule has 0 aliphatic carbocycles. The Morgan fingerprint density at radius 3 is 2.70 bits per heavy atom. The topological polar surface area (TPSA) is 29.5 Å².